The van der Waals surface area contributed by atoms with Gasteiger partial charge in [0.1, 0.15) is 0 Å². The first-order chi connectivity index (χ1) is 11.5. The molecule has 0 spiro atoms. The molecule has 0 radical (unpaired) electrons. The van der Waals surface area contributed by atoms with Crippen LogP contribution in [0.1, 0.15) is 52.4 Å². The second-order valence-corrected chi connectivity index (χ2v) is 8.19. The summed E-state index contributed by atoms with van der Waals surface area (Å²) < 4.78 is 17.3. The Morgan fingerprint density at radius 3 is 2.16 bits per heavy atom. The van der Waals surface area contributed by atoms with Gasteiger partial charge in [0.2, 0.25) is 0 Å². The molecule has 8 heteroatoms. The van der Waals surface area contributed by atoms with Crippen molar-refractivity contribution in [1.29, 1.82) is 0 Å². The number of carbonyl (C=O) groups excluding carboxylic acids is 1. The zero-order valence-electron chi connectivity index (χ0n) is 15.0. The van der Waals surface area contributed by atoms with Crippen molar-refractivity contribution in [3.05, 3.63) is 32.8 Å². The van der Waals surface area contributed by atoms with E-state index in [1.165, 1.54) is 0 Å². The molecule has 1 aromatic carbocycles. The van der Waals surface area contributed by atoms with Crippen LogP contribution in [0.2, 0.25) is 15.1 Å². The summed E-state index contributed by atoms with van der Waals surface area (Å²) >= 11 is 18.9. The summed E-state index contributed by atoms with van der Waals surface area (Å²) in [6.45, 7) is 9.80. The first-order valence-corrected chi connectivity index (χ1v) is 9.28. The molecule has 2 rings (SSSR count). The number of halogens is 3. The molecule has 0 aliphatic carbocycles. The Labute approximate surface area is 164 Å². The van der Waals surface area contributed by atoms with Crippen LogP contribution in [0.3, 0.4) is 0 Å². The van der Waals surface area contributed by atoms with Crippen LogP contribution in [-0.4, -0.2) is 30.9 Å². The molecular formula is C17H22BCl3O4. The predicted octanol–water partition coefficient (Wildman–Crippen LogP) is 5.32. The molecule has 1 aliphatic rings. The predicted molar refractivity (Wildman–Crippen MR) is 102 cm³/mol. The fourth-order valence-corrected chi connectivity index (χ4v) is 3.49. The fourth-order valence-electron chi connectivity index (χ4n) is 2.67. The second-order valence-electron chi connectivity index (χ2n) is 7.00. The first-order valence-electron chi connectivity index (χ1n) is 8.15. The van der Waals surface area contributed by atoms with Gasteiger partial charge < -0.3 is 14.0 Å². The Bertz CT molecular complexity index is 648. The quantitative estimate of drug-likeness (QED) is 0.377. The van der Waals surface area contributed by atoms with E-state index >= 15 is 0 Å². The number of hydrogen-bond donors (Lipinski definition) is 0. The van der Waals surface area contributed by atoms with Gasteiger partial charge in [-0.25, -0.2) is 0 Å². The number of carbonyl (C=O) groups is 1. The minimum atomic E-state index is -0.706. The van der Waals surface area contributed by atoms with Crippen molar-refractivity contribution in [2.45, 2.75) is 58.1 Å². The molecule has 4 nitrogen and oxygen atoms in total. The number of rotatable bonds is 5. The summed E-state index contributed by atoms with van der Waals surface area (Å²) in [6.07, 6.45) is 0.0183. The lowest BCUT2D eigenvalue weighted by Gasteiger charge is -2.32. The number of hydrogen-bond acceptors (Lipinski definition) is 4. The standard InChI is InChI=1S/C17H22BCl3O4/c1-6-23-13(22)9-10(14-11(19)7-8-12(20)15(14)21)18-24-16(2,3)17(4,5)25-18/h7-8,10H,6,9H2,1-5H3. The van der Waals surface area contributed by atoms with E-state index in [1.807, 2.05) is 27.7 Å². The SMILES string of the molecule is CCOC(=O)CC(B1OC(C)(C)C(C)(C)O1)c1c(Cl)ccc(Cl)c1Cl. The smallest absolute Gasteiger partial charge is 0.466 e. The molecule has 1 unspecified atom stereocenters. The molecule has 1 fully saturated rings. The summed E-state index contributed by atoms with van der Waals surface area (Å²) in [5.41, 5.74) is -0.577. The highest BCUT2D eigenvalue weighted by Gasteiger charge is 2.55. The molecule has 1 aromatic rings. The topological polar surface area (TPSA) is 44.8 Å². The van der Waals surface area contributed by atoms with Crippen molar-refractivity contribution in [3.8, 4) is 0 Å². The lowest BCUT2D eigenvalue weighted by molar-refractivity contribution is -0.143. The van der Waals surface area contributed by atoms with E-state index < -0.39 is 24.1 Å². The lowest BCUT2D eigenvalue weighted by Crippen LogP contribution is -2.41. The Balaban J connectivity index is 2.46. The van der Waals surface area contributed by atoms with Gasteiger partial charge in [-0.05, 0) is 52.3 Å². The molecule has 1 saturated heterocycles. The number of esters is 1. The largest absolute Gasteiger partial charge is 0.466 e. The van der Waals surface area contributed by atoms with E-state index in [1.54, 1.807) is 19.1 Å². The maximum Gasteiger partial charge on any atom is 0.466 e. The highest BCUT2D eigenvalue weighted by Crippen LogP contribution is 2.45. The third-order valence-corrected chi connectivity index (χ3v) is 5.89. The van der Waals surface area contributed by atoms with Gasteiger partial charge in [0.05, 0.1) is 34.3 Å². The van der Waals surface area contributed by atoms with Crippen molar-refractivity contribution in [2.75, 3.05) is 6.61 Å². The maximum absolute atomic E-state index is 12.2. The van der Waals surface area contributed by atoms with Crippen molar-refractivity contribution >= 4 is 47.9 Å². The first kappa shape index (κ1) is 20.9. The molecule has 0 N–H and O–H groups in total. The normalized spacial score (nSPS) is 19.8. The van der Waals surface area contributed by atoms with E-state index in [4.69, 9.17) is 48.8 Å². The summed E-state index contributed by atoms with van der Waals surface area (Å²) in [6, 6.07) is 3.26. The molecule has 25 heavy (non-hydrogen) atoms. The summed E-state index contributed by atoms with van der Waals surface area (Å²) in [4.78, 5) is 12.2. The van der Waals surface area contributed by atoms with Gasteiger partial charge in [-0.15, -0.1) is 0 Å². The van der Waals surface area contributed by atoms with E-state index in [0.717, 1.165) is 0 Å². The third kappa shape index (κ3) is 4.28. The number of benzene rings is 1. The molecule has 0 bridgehead atoms. The Morgan fingerprint density at radius 1 is 1.12 bits per heavy atom. The third-order valence-electron chi connectivity index (χ3n) is 4.74. The molecule has 1 heterocycles. The lowest BCUT2D eigenvalue weighted by atomic mass is 9.66. The fraction of sp³-hybridized carbons (Fsp3) is 0.588. The zero-order valence-corrected chi connectivity index (χ0v) is 17.3. The van der Waals surface area contributed by atoms with Gasteiger partial charge in [0.15, 0.2) is 0 Å². The van der Waals surface area contributed by atoms with Gasteiger partial charge >= 0.3 is 13.1 Å². The Kier molecular flexibility index (Phi) is 6.38. The van der Waals surface area contributed by atoms with Gasteiger partial charge in [-0.3, -0.25) is 4.79 Å². The highest BCUT2D eigenvalue weighted by molar-refractivity contribution is 6.50. The minimum Gasteiger partial charge on any atom is -0.466 e. The van der Waals surface area contributed by atoms with E-state index in [9.17, 15) is 4.79 Å². The van der Waals surface area contributed by atoms with E-state index in [0.29, 0.717) is 15.6 Å². The van der Waals surface area contributed by atoms with Gasteiger partial charge in [-0.1, -0.05) is 34.8 Å². The van der Waals surface area contributed by atoms with E-state index in [2.05, 4.69) is 0 Å². The van der Waals surface area contributed by atoms with Crippen LogP contribution in [0.25, 0.3) is 0 Å². The number of ether oxygens (including phenoxy) is 1. The van der Waals surface area contributed by atoms with Crippen molar-refractivity contribution in [1.82, 2.24) is 0 Å². The molecule has 0 amide bonds. The van der Waals surface area contributed by atoms with Crippen LogP contribution in [-0.2, 0) is 18.8 Å². The van der Waals surface area contributed by atoms with Crippen LogP contribution >= 0.6 is 34.8 Å². The monoisotopic (exact) mass is 406 g/mol. The zero-order chi connectivity index (χ0) is 19.0. The maximum atomic E-state index is 12.2. The molecule has 1 atom stereocenters. The van der Waals surface area contributed by atoms with Crippen LogP contribution in [0.15, 0.2) is 12.1 Å². The van der Waals surface area contributed by atoms with Gasteiger partial charge in [0.25, 0.3) is 0 Å². The van der Waals surface area contributed by atoms with E-state index in [-0.39, 0.29) is 24.0 Å². The molecule has 0 saturated carbocycles. The minimum absolute atomic E-state index is 0.0183. The van der Waals surface area contributed by atoms with Crippen molar-refractivity contribution in [3.63, 3.8) is 0 Å². The summed E-state index contributed by atoms with van der Waals surface area (Å²) in [7, 11) is -0.706. The van der Waals surface area contributed by atoms with Crippen molar-refractivity contribution in [2.24, 2.45) is 0 Å². The molecule has 0 aromatic heterocycles. The molecule has 1 aliphatic heterocycles. The highest BCUT2D eigenvalue weighted by atomic mass is 35.5. The summed E-state index contributed by atoms with van der Waals surface area (Å²) in [5.74, 6) is -0.923. The molecule has 138 valence electrons. The summed E-state index contributed by atoms with van der Waals surface area (Å²) in [5, 5.41) is 1.04. The van der Waals surface area contributed by atoms with Crippen LogP contribution in [0.5, 0.6) is 0 Å². The van der Waals surface area contributed by atoms with Gasteiger partial charge in [-0.2, -0.15) is 0 Å². The average molecular weight is 408 g/mol. The Morgan fingerprint density at radius 2 is 1.64 bits per heavy atom. The van der Waals surface area contributed by atoms with Gasteiger partial charge in [0, 0.05) is 10.8 Å². The second kappa shape index (κ2) is 7.65. The van der Waals surface area contributed by atoms with Crippen LogP contribution in [0.4, 0.5) is 0 Å². The Hall–Kier alpha value is -0.455. The van der Waals surface area contributed by atoms with Crippen LogP contribution < -0.4 is 0 Å². The average Bonchev–Trinajstić information content (AvgIpc) is 2.71. The van der Waals surface area contributed by atoms with Crippen LogP contribution in [0, 0.1) is 0 Å². The van der Waals surface area contributed by atoms with Crippen molar-refractivity contribution < 1.29 is 18.8 Å². The molecular weight excluding hydrogens is 385 g/mol.